The topological polar surface area (TPSA) is 194 Å². The molecule has 15 heteroatoms. The van der Waals surface area contributed by atoms with E-state index in [-0.39, 0.29) is 30.7 Å². The molecule has 2 unspecified atom stereocenters. The average molecular weight is 498 g/mol. The molecule has 5 N–H and O–H groups in total. The first-order chi connectivity index (χ1) is 15.7. The molecule has 2 aliphatic heterocycles. The lowest BCUT2D eigenvalue weighted by Crippen LogP contribution is -2.70. The zero-order valence-electron chi connectivity index (χ0n) is 17.4. The molecule has 33 heavy (non-hydrogen) atoms. The molecule has 0 spiro atoms. The lowest BCUT2D eigenvalue weighted by atomic mass is 10.0. The molecule has 1 fully saturated rings. The number of fused-ring (bicyclic) bond motifs is 1. The van der Waals surface area contributed by atoms with E-state index < -0.39 is 41.2 Å². The maximum atomic E-state index is 12.7. The van der Waals surface area contributed by atoms with Gasteiger partial charge in [-0.1, -0.05) is 17.8 Å². The Bertz CT molecular complexity index is 997. The fourth-order valence-electron chi connectivity index (χ4n) is 3.33. The highest BCUT2D eigenvalue weighted by Gasteiger charge is 2.54. The number of β-lactam (4-membered cyclic amide) rings is 1. The summed E-state index contributed by atoms with van der Waals surface area (Å²) in [6.07, 6.45) is 2.05. The number of carboxylic acid groups (broad SMARTS) is 2. The summed E-state index contributed by atoms with van der Waals surface area (Å²) >= 11 is 2.62. The number of tetrazole rings is 1. The largest absolute Gasteiger partial charge is 0.480 e. The number of rotatable bonds is 12. The standard InChI is InChI=1S/C18H23N7O6S2/c1-2-6-24-18(21-22-23-24)33-8-9-7-32-15-12(14(27)25(15)13(9)17(30)31)20-11(26)5-3-4-10(19)16(28)29/h2,10,12,15H,1,3-8,19H2,(H,20,26)(H,28,29)(H,30,31)/t10?,12?,15-/m0/s1. The van der Waals surface area contributed by atoms with E-state index in [9.17, 15) is 24.3 Å². The Balaban J connectivity index is 1.61. The van der Waals surface area contributed by atoms with Crippen LogP contribution >= 0.6 is 23.5 Å². The Morgan fingerprint density at radius 1 is 1.39 bits per heavy atom. The quantitative estimate of drug-likeness (QED) is 0.161. The second-order valence-electron chi connectivity index (χ2n) is 7.27. The summed E-state index contributed by atoms with van der Waals surface area (Å²) in [5.74, 6) is -2.63. The molecule has 1 aromatic rings. The number of aromatic nitrogens is 4. The molecule has 178 valence electrons. The van der Waals surface area contributed by atoms with Gasteiger partial charge in [0.1, 0.15) is 23.2 Å². The summed E-state index contributed by atoms with van der Waals surface area (Å²) in [5, 5.41) is 32.5. The number of carbonyl (C=O) groups excluding carboxylic acids is 2. The van der Waals surface area contributed by atoms with Crippen LogP contribution in [0.2, 0.25) is 0 Å². The molecule has 3 heterocycles. The van der Waals surface area contributed by atoms with E-state index in [1.54, 1.807) is 6.08 Å². The minimum Gasteiger partial charge on any atom is -0.480 e. The van der Waals surface area contributed by atoms with Crippen molar-refractivity contribution >= 4 is 47.3 Å². The van der Waals surface area contributed by atoms with Crippen LogP contribution in [-0.2, 0) is 25.7 Å². The molecule has 0 radical (unpaired) electrons. The van der Waals surface area contributed by atoms with Gasteiger partial charge in [-0.15, -0.1) is 23.4 Å². The van der Waals surface area contributed by atoms with Gasteiger partial charge in [-0.05, 0) is 28.8 Å². The van der Waals surface area contributed by atoms with Crippen molar-refractivity contribution in [2.45, 2.75) is 48.4 Å². The predicted octanol–water partition coefficient (Wildman–Crippen LogP) is -0.728. The van der Waals surface area contributed by atoms with E-state index in [0.717, 1.165) is 0 Å². The third-order valence-electron chi connectivity index (χ3n) is 4.98. The van der Waals surface area contributed by atoms with Gasteiger partial charge < -0.3 is 21.3 Å². The minimum atomic E-state index is -1.22. The van der Waals surface area contributed by atoms with Gasteiger partial charge in [-0.2, -0.15) is 0 Å². The highest BCUT2D eigenvalue weighted by Crippen LogP contribution is 2.41. The lowest BCUT2D eigenvalue weighted by Gasteiger charge is -2.49. The molecule has 0 aromatic carbocycles. The molecule has 2 aliphatic rings. The zero-order chi connectivity index (χ0) is 24.1. The van der Waals surface area contributed by atoms with E-state index >= 15 is 0 Å². The van der Waals surface area contributed by atoms with Gasteiger partial charge in [-0.3, -0.25) is 19.3 Å². The fraction of sp³-hybridized carbons (Fsp3) is 0.500. The Morgan fingerprint density at radius 2 is 2.15 bits per heavy atom. The molecular formula is C18H23N7O6S2. The molecule has 3 atom stereocenters. The summed E-state index contributed by atoms with van der Waals surface area (Å²) in [6.45, 7) is 4.04. The molecule has 3 rings (SSSR count). The molecule has 0 aliphatic carbocycles. The SMILES string of the molecule is C=CCn1nnnc1SCC1=C(C(=O)O)N2C(=O)C(NC(=O)CCCC(N)C(=O)O)[C@@H]2SC1. The minimum absolute atomic E-state index is 0.0189. The second kappa shape index (κ2) is 10.8. The second-order valence-corrected chi connectivity index (χ2v) is 9.32. The Labute approximate surface area is 196 Å². The van der Waals surface area contributed by atoms with Crippen molar-refractivity contribution in [3.05, 3.63) is 23.9 Å². The molecule has 1 aromatic heterocycles. The van der Waals surface area contributed by atoms with E-state index in [0.29, 0.717) is 23.0 Å². The van der Waals surface area contributed by atoms with E-state index in [1.807, 2.05) is 0 Å². The predicted molar refractivity (Wildman–Crippen MR) is 118 cm³/mol. The number of carboxylic acids is 2. The summed E-state index contributed by atoms with van der Waals surface area (Å²) in [6, 6.07) is -1.88. The smallest absolute Gasteiger partial charge is 0.352 e. The number of nitrogens with one attached hydrogen (secondary N) is 1. The van der Waals surface area contributed by atoms with Crippen molar-refractivity contribution in [1.29, 1.82) is 0 Å². The van der Waals surface area contributed by atoms with Crippen LogP contribution in [0.25, 0.3) is 0 Å². The number of amides is 2. The number of hydrogen-bond acceptors (Lipinski definition) is 10. The van der Waals surface area contributed by atoms with Crippen LogP contribution < -0.4 is 11.1 Å². The Kier molecular flexibility index (Phi) is 8.10. The zero-order valence-corrected chi connectivity index (χ0v) is 19.0. The highest BCUT2D eigenvalue weighted by atomic mass is 32.2. The Hall–Kier alpha value is -2.91. The summed E-state index contributed by atoms with van der Waals surface area (Å²) in [4.78, 5) is 48.7. The first kappa shape index (κ1) is 24.7. The molecule has 1 saturated heterocycles. The van der Waals surface area contributed by atoms with Crippen molar-refractivity contribution in [3.63, 3.8) is 0 Å². The van der Waals surface area contributed by atoms with Crippen LogP contribution in [-0.4, -0.2) is 88.0 Å². The van der Waals surface area contributed by atoms with Gasteiger partial charge in [0.25, 0.3) is 5.91 Å². The number of allylic oxidation sites excluding steroid dienone is 1. The highest BCUT2D eigenvalue weighted by molar-refractivity contribution is 8.01. The molecule has 13 nitrogen and oxygen atoms in total. The van der Waals surface area contributed by atoms with Crippen LogP contribution in [0.4, 0.5) is 0 Å². The third kappa shape index (κ3) is 5.54. The van der Waals surface area contributed by atoms with Crippen LogP contribution in [0.3, 0.4) is 0 Å². The lowest BCUT2D eigenvalue weighted by molar-refractivity contribution is -0.150. The number of thioether (sulfide) groups is 2. The van der Waals surface area contributed by atoms with Crippen molar-refractivity contribution < 1.29 is 29.4 Å². The maximum Gasteiger partial charge on any atom is 0.352 e. The number of nitrogens with two attached hydrogens (primary N) is 1. The molecule has 0 saturated carbocycles. The van der Waals surface area contributed by atoms with Crippen molar-refractivity contribution in [3.8, 4) is 0 Å². The van der Waals surface area contributed by atoms with Gasteiger partial charge in [0, 0.05) is 17.9 Å². The van der Waals surface area contributed by atoms with Crippen molar-refractivity contribution in [1.82, 2.24) is 30.4 Å². The van der Waals surface area contributed by atoms with Gasteiger partial charge in [-0.25, -0.2) is 9.48 Å². The number of aliphatic carboxylic acids is 2. The fourth-order valence-corrected chi connectivity index (χ4v) is 5.71. The van der Waals surface area contributed by atoms with Gasteiger partial charge in [0.2, 0.25) is 11.1 Å². The number of carbonyl (C=O) groups is 4. The van der Waals surface area contributed by atoms with Gasteiger partial charge in [0.05, 0.1) is 6.54 Å². The van der Waals surface area contributed by atoms with Gasteiger partial charge >= 0.3 is 11.9 Å². The maximum absolute atomic E-state index is 12.7. The van der Waals surface area contributed by atoms with E-state index in [4.69, 9.17) is 10.8 Å². The summed E-state index contributed by atoms with van der Waals surface area (Å²) in [7, 11) is 0. The van der Waals surface area contributed by atoms with Crippen molar-refractivity contribution in [2.24, 2.45) is 5.73 Å². The van der Waals surface area contributed by atoms with Crippen LogP contribution in [0.1, 0.15) is 19.3 Å². The van der Waals surface area contributed by atoms with E-state index in [1.165, 1.54) is 33.1 Å². The first-order valence-electron chi connectivity index (χ1n) is 9.92. The average Bonchev–Trinajstić information content (AvgIpc) is 3.22. The van der Waals surface area contributed by atoms with Gasteiger partial charge in [0.15, 0.2) is 0 Å². The van der Waals surface area contributed by atoms with E-state index in [2.05, 4.69) is 27.4 Å². The monoisotopic (exact) mass is 497 g/mol. The third-order valence-corrected chi connectivity index (χ3v) is 7.36. The molecule has 0 bridgehead atoms. The Morgan fingerprint density at radius 3 is 2.82 bits per heavy atom. The van der Waals surface area contributed by atoms with Crippen LogP contribution in [0, 0.1) is 0 Å². The molecular weight excluding hydrogens is 474 g/mol. The number of hydrogen-bond donors (Lipinski definition) is 4. The summed E-state index contributed by atoms with van der Waals surface area (Å²) < 4.78 is 1.53. The molecule has 2 amide bonds. The van der Waals surface area contributed by atoms with Crippen molar-refractivity contribution in [2.75, 3.05) is 11.5 Å². The van der Waals surface area contributed by atoms with Crippen LogP contribution in [0.5, 0.6) is 0 Å². The first-order valence-corrected chi connectivity index (χ1v) is 12.0. The van der Waals surface area contributed by atoms with Crippen LogP contribution in [0.15, 0.2) is 29.1 Å². The normalized spacial score (nSPS) is 20.6. The summed E-state index contributed by atoms with van der Waals surface area (Å²) in [5.41, 5.74) is 5.88. The number of nitrogens with zero attached hydrogens (tertiary/aromatic N) is 5.